The van der Waals surface area contributed by atoms with Crippen LogP contribution in [0.5, 0.6) is 0 Å². The highest BCUT2D eigenvalue weighted by molar-refractivity contribution is 5.89. The summed E-state index contributed by atoms with van der Waals surface area (Å²) in [5.74, 6) is 0.254. The van der Waals surface area contributed by atoms with Crippen molar-refractivity contribution in [1.29, 1.82) is 0 Å². The van der Waals surface area contributed by atoms with Gasteiger partial charge in [-0.25, -0.2) is 9.18 Å². The van der Waals surface area contributed by atoms with E-state index in [0.29, 0.717) is 30.3 Å². The maximum atomic E-state index is 12.9. The van der Waals surface area contributed by atoms with Crippen LogP contribution in [-0.4, -0.2) is 34.8 Å². The number of aromatic nitrogens is 3. The summed E-state index contributed by atoms with van der Waals surface area (Å²) >= 11 is 0. The number of nitrogens with zero attached hydrogens (tertiary/aromatic N) is 3. The fourth-order valence-electron chi connectivity index (χ4n) is 2.36. The van der Waals surface area contributed by atoms with Gasteiger partial charge in [-0.15, -0.1) is 5.10 Å². The van der Waals surface area contributed by atoms with Gasteiger partial charge >= 0.3 is 5.97 Å². The highest BCUT2D eigenvalue weighted by Gasteiger charge is 2.05. The van der Waals surface area contributed by atoms with E-state index in [-0.39, 0.29) is 5.82 Å². The molecule has 1 aromatic heterocycles. The van der Waals surface area contributed by atoms with Gasteiger partial charge in [-0.1, -0.05) is 12.1 Å². The molecule has 7 nitrogen and oxygen atoms in total. The lowest BCUT2D eigenvalue weighted by Crippen LogP contribution is -2.09. The molecule has 3 aromatic rings. The van der Waals surface area contributed by atoms with Crippen molar-refractivity contribution in [3.63, 3.8) is 0 Å². The summed E-state index contributed by atoms with van der Waals surface area (Å²) < 4.78 is 17.6. The summed E-state index contributed by atoms with van der Waals surface area (Å²) in [7, 11) is 1.34. The van der Waals surface area contributed by atoms with Gasteiger partial charge in [0.25, 0.3) is 0 Å². The second-order valence-corrected chi connectivity index (χ2v) is 5.66. The fourth-order valence-corrected chi connectivity index (χ4v) is 2.36. The molecule has 138 valence electrons. The largest absolute Gasteiger partial charge is 0.465 e. The SMILES string of the molecule is COC(=O)c1ccc(Nc2cnnc(NCCc3ccc(F)cc3)n2)cc1. The number of ether oxygens (including phenoxy) is 1. The fraction of sp³-hybridized carbons (Fsp3) is 0.158. The van der Waals surface area contributed by atoms with Crippen molar-refractivity contribution in [2.75, 3.05) is 24.3 Å². The quantitative estimate of drug-likeness (QED) is 0.620. The number of carbonyl (C=O) groups excluding carboxylic acids is 1. The third-order valence-electron chi connectivity index (χ3n) is 3.75. The van der Waals surface area contributed by atoms with Gasteiger partial charge in [0.1, 0.15) is 5.82 Å². The average Bonchev–Trinajstić information content (AvgIpc) is 2.70. The summed E-state index contributed by atoms with van der Waals surface area (Å²) in [5.41, 5.74) is 2.23. The number of nitrogens with one attached hydrogen (secondary N) is 2. The van der Waals surface area contributed by atoms with Crippen LogP contribution in [0.3, 0.4) is 0 Å². The molecule has 0 spiro atoms. The molecule has 2 N–H and O–H groups in total. The molecule has 0 unspecified atom stereocenters. The van der Waals surface area contributed by atoms with E-state index in [1.807, 2.05) is 0 Å². The van der Waals surface area contributed by atoms with Crippen LogP contribution in [0.15, 0.2) is 54.7 Å². The Balaban J connectivity index is 1.56. The van der Waals surface area contributed by atoms with Gasteiger partial charge in [-0.05, 0) is 48.4 Å². The number of esters is 1. The number of hydrogen-bond acceptors (Lipinski definition) is 7. The van der Waals surface area contributed by atoms with Crippen molar-refractivity contribution < 1.29 is 13.9 Å². The molecule has 8 heteroatoms. The van der Waals surface area contributed by atoms with Crippen molar-refractivity contribution in [2.24, 2.45) is 0 Å². The molecule has 0 radical (unpaired) electrons. The Hall–Kier alpha value is -3.55. The lowest BCUT2D eigenvalue weighted by molar-refractivity contribution is 0.0601. The summed E-state index contributed by atoms with van der Waals surface area (Å²) in [4.78, 5) is 15.8. The maximum Gasteiger partial charge on any atom is 0.337 e. The van der Waals surface area contributed by atoms with Crippen LogP contribution in [0.25, 0.3) is 0 Å². The molecule has 1 heterocycles. The number of hydrogen-bond donors (Lipinski definition) is 2. The van der Waals surface area contributed by atoms with Gasteiger partial charge in [0, 0.05) is 12.2 Å². The van der Waals surface area contributed by atoms with Crippen LogP contribution in [0.1, 0.15) is 15.9 Å². The van der Waals surface area contributed by atoms with Crippen LogP contribution in [0, 0.1) is 5.82 Å². The first-order valence-electron chi connectivity index (χ1n) is 8.27. The molecule has 0 saturated carbocycles. The molecular formula is C19H18FN5O2. The Bertz CT molecular complexity index is 901. The number of halogens is 1. The zero-order chi connectivity index (χ0) is 19.1. The van der Waals surface area contributed by atoms with Crippen LogP contribution in [0.4, 0.5) is 21.8 Å². The highest BCUT2D eigenvalue weighted by Crippen LogP contribution is 2.16. The molecule has 0 aliphatic carbocycles. The molecular weight excluding hydrogens is 349 g/mol. The van der Waals surface area contributed by atoms with Gasteiger partial charge < -0.3 is 15.4 Å². The first kappa shape index (κ1) is 18.2. The smallest absolute Gasteiger partial charge is 0.337 e. The summed E-state index contributed by atoms with van der Waals surface area (Å²) in [6.07, 6.45) is 2.20. The molecule has 0 amide bonds. The van der Waals surface area contributed by atoms with E-state index in [9.17, 15) is 9.18 Å². The minimum absolute atomic E-state index is 0.252. The van der Waals surface area contributed by atoms with E-state index in [4.69, 9.17) is 0 Å². The molecule has 0 fully saturated rings. The maximum absolute atomic E-state index is 12.9. The molecule has 0 atom stereocenters. The minimum atomic E-state index is -0.391. The zero-order valence-electron chi connectivity index (χ0n) is 14.6. The van der Waals surface area contributed by atoms with Crippen molar-refractivity contribution in [1.82, 2.24) is 15.2 Å². The van der Waals surface area contributed by atoms with Gasteiger partial charge in [0.2, 0.25) is 5.95 Å². The molecule has 0 aliphatic heterocycles. The molecule has 2 aromatic carbocycles. The standard InChI is InChI=1S/C19H18FN5O2/c1-27-18(26)14-4-8-16(9-5-14)23-17-12-22-25-19(24-17)21-11-10-13-2-6-15(20)7-3-13/h2-9,12H,10-11H2,1H3,(H2,21,23,24,25). The van der Waals surface area contributed by atoms with Crippen molar-refractivity contribution in [3.8, 4) is 0 Å². The van der Waals surface area contributed by atoms with E-state index >= 15 is 0 Å². The van der Waals surface area contributed by atoms with E-state index in [0.717, 1.165) is 11.3 Å². The predicted octanol–water partition coefficient (Wildman–Crippen LogP) is 3.20. The normalized spacial score (nSPS) is 10.3. The number of methoxy groups -OCH3 is 1. The predicted molar refractivity (Wildman–Crippen MR) is 99.5 cm³/mol. The van der Waals surface area contributed by atoms with Crippen LogP contribution in [-0.2, 0) is 11.2 Å². The number of anilines is 3. The van der Waals surface area contributed by atoms with Gasteiger partial charge in [-0.2, -0.15) is 10.1 Å². The summed E-state index contributed by atoms with van der Waals surface area (Å²) in [6.45, 7) is 0.588. The Morgan fingerprint density at radius 1 is 1.11 bits per heavy atom. The summed E-state index contributed by atoms with van der Waals surface area (Å²) in [5, 5.41) is 14.0. The second kappa shape index (κ2) is 8.70. The number of benzene rings is 2. The first-order valence-corrected chi connectivity index (χ1v) is 8.27. The van der Waals surface area contributed by atoms with Crippen molar-refractivity contribution in [3.05, 3.63) is 71.7 Å². The Morgan fingerprint density at radius 3 is 2.56 bits per heavy atom. The lowest BCUT2D eigenvalue weighted by atomic mass is 10.1. The molecule has 3 rings (SSSR count). The van der Waals surface area contributed by atoms with E-state index < -0.39 is 5.97 Å². The number of rotatable bonds is 7. The lowest BCUT2D eigenvalue weighted by Gasteiger charge is -2.08. The molecule has 0 bridgehead atoms. The topological polar surface area (TPSA) is 89.0 Å². The third kappa shape index (κ3) is 5.21. The van der Waals surface area contributed by atoms with Gasteiger partial charge in [0.05, 0.1) is 18.9 Å². The molecule has 0 saturated heterocycles. The summed E-state index contributed by atoms with van der Waals surface area (Å²) in [6, 6.07) is 13.2. The monoisotopic (exact) mass is 367 g/mol. The Labute approximate surface area is 155 Å². The van der Waals surface area contributed by atoms with E-state index in [1.54, 1.807) is 36.4 Å². The van der Waals surface area contributed by atoms with Crippen LogP contribution >= 0.6 is 0 Å². The average molecular weight is 367 g/mol. The van der Waals surface area contributed by atoms with Crippen LogP contribution in [0.2, 0.25) is 0 Å². The Kier molecular flexibility index (Phi) is 5.88. The molecule has 0 aliphatic rings. The van der Waals surface area contributed by atoms with Crippen molar-refractivity contribution >= 4 is 23.4 Å². The number of carbonyl (C=O) groups is 1. The second-order valence-electron chi connectivity index (χ2n) is 5.66. The Morgan fingerprint density at radius 2 is 1.85 bits per heavy atom. The van der Waals surface area contributed by atoms with E-state index in [2.05, 4.69) is 30.6 Å². The zero-order valence-corrected chi connectivity index (χ0v) is 14.6. The molecule has 27 heavy (non-hydrogen) atoms. The van der Waals surface area contributed by atoms with Crippen LogP contribution < -0.4 is 10.6 Å². The van der Waals surface area contributed by atoms with Gasteiger partial charge in [0.15, 0.2) is 5.82 Å². The van der Waals surface area contributed by atoms with E-state index in [1.165, 1.54) is 25.4 Å². The van der Waals surface area contributed by atoms with Crippen molar-refractivity contribution in [2.45, 2.75) is 6.42 Å². The first-order chi connectivity index (χ1) is 13.1. The minimum Gasteiger partial charge on any atom is -0.465 e. The third-order valence-corrected chi connectivity index (χ3v) is 3.75. The van der Waals surface area contributed by atoms with Gasteiger partial charge in [-0.3, -0.25) is 0 Å². The highest BCUT2D eigenvalue weighted by atomic mass is 19.1.